The molecule has 0 heterocycles. The van der Waals surface area contributed by atoms with E-state index in [-0.39, 0.29) is 6.54 Å². The lowest BCUT2D eigenvalue weighted by atomic mass is 10.1. The van der Waals surface area contributed by atoms with Gasteiger partial charge < -0.3 is 16.2 Å². The third kappa shape index (κ3) is 1.82. The van der Waals surface area contributed by atoms with Crippen molar-refractivity contribution in [1.82, 2.24) is 0 Å². The van der Waals surface area contributed by atoms with Crippen LogP contribution in [0.25, 0.3) is 0 Å². The van der Waals surface area contributed by atoms with E-state index in [0.717, 1.165) is 0 Å². The molecule has 4 N–H and O–H groups in total. The summed E-state index contributed by atoms with van der Waals surface area (Å²) < 4.78 is 5.05. The van der Waals surface area contributed by atoms with Gasteiger partial charge in [-0.1, -0.05) is 23.2 Å². The molecule has 1 rings (SSSR count). The standard InChI is InChI=1S/C8H10Cl2N2O/c1-13-8-4(3-11)7(10)6(12)2-5(8)9/h2H,3,11-12H2,1H3. The second-order valence-electron chi connectivity index (χ2n) is 2.48. The SMILES string of the molecule is COc1c(Cl)cc(N)c(Cl)c1CN. The first kappa shape index (κ1) is 10.4. The van der Waals surface area contributed by atoms with E-state index in [0.29, 0.717) is 27.0 Å². The van der Waals surface area contributed by atoms with Gasteiger partial charge in [0.15, 0.2) is 0 Å². The highest BCUT2D eigenvalue weighted by Gasteiger charge is 2.13. The van der Waals surface area contributed by atoms with Crippen molar-refractivity contribution in [2.24, 2.45) is 5.73 Å². The molecule has 13 heavy (non-hydrogen) atoms. The lowest BCUT2D eigenvalue weighted by Gasteiger charge is -2.12. The number of ether oxygens (including phenoxy) is 1. The van der Waals surface area contributed by atoms with Crippen LogP contribution < -0.4 is 16.2 Å². The first-order valence-electron chi connectivity index (χ1n) is 3.62. The van der Waals surface area contributed by atoms with Gasteiger partial charge in [-0.05, 0) is 6.07 Å². The van der Waals surface area contributed by atoms with Crippen LogP contribution in [0.4, 0.5) is 5.69 Å². The van der Waals surface area contributed by atoms with Crippen molar-refractivity contribution in [3.63, 3.8) is 0 Å². The fourth-order valence-electron chi connectivity index (χ4n) is 1.09. The molecule has 0 spiro atoms. The molecule has 0 saturated carbocycles. The van der Waals surface area contributed by atoms with Crippen LogP contribution in [0.2, 0.25) is 10.0 Å². The summed E-state index contributed by atoms with van der Waals surface area (Å²) in [6.07, 6.45) is 0. The van der Waals surface area contributed by atoms with Crippen LogP contribution in [0.1, 0.15) is 5.56 Å². The molecule has 0 bridgehead atoms. The van der Waals surface area contributed by atoms with Crippen LogP contribution in [-0.2, 0) is 6.54 Å². The van der Waals surface area contributed by atoms with Gasteiger partial charge in [0.05, 0.1) is 22.8 Å². The Labute approximate surface area is 86.6 Å². The topological polar surface area (TPSA) is 61.3 Å². The number of nitrogens with two attached hydrogens (primary N) is 2. The molecule has 1 aromatic carbocycles. The minimum absolute atomic E-state index is 0.243. The molecule has 0 radical (unpaired) electrons. The van der Waals surface area contributed by atoms with E-state index in [1.54, 1.807) is 6.07 Å². The quantitative estimate of drug-likeness (QED) is 0.751. The van der Waals surface area contributed by atoms with Crippen molar-refractivity contribution in [3.05, 3.63) is 21.7 Å². The molecule has 0 fully saturated rings. The highest BCUT2D eigenvalue weighted by molar-refractivity contribution is 6.37. The second-order valence-corrected chi connectivity index (χ2v) is 3.26. The number of hydrogen-bond donors (Lipinski definition) is 2. The summed E-state index contributed by atoms with van der Waals surface area (Å²) >= 11 is 11.8. The maximum atomic E-state index is 5.91. The molecule has 5 heteroatoms. The lowest BCUT2D eigenvalue weighted by Crippen LogP contribution is -2.03. The van der Waals surface area contributed by atoms with Crippen LogP contribution in [0.3, 0.4) is 0 Å². The summed E-state index contributed by atoms with van der Waals surface area (Å²) in [4.78, 5) is 0. The van der Waals surface area contributed by atoms with Crippen molar-refractivity contribution in [1.29, 1.82) is 0 Å². The molecular formula is C8H10Cl2N2O. The molecule has 0 aliphatic heterocycles. The number of benzene rings is 1. The zero-order valence-corrected chi connectivity index (χ0v) is 8.62. The second kappa shape index (κ2) is 4.05. The smallest absolute Gasteiger partial charge is 0.143 e. The molecule has 0 saturated heterocycles. The molecule has 0 aromatic heterocycles. The minimum atomic E-state index is 0.243. The Kier molecular flexibility index (Phi) is 3.25. The van der Waals surface area contributed by atoms with Gasteiger partial charge in [0.25, 0.3) is 0 Å². The highest BCUT2D eigenvalue weighted by atomic mass is 35.5. The third-order valence-corrected chi connectivity index (χ3v) is 2.43. The predicted molar refractivity (Wildman–Crippen MR) is 55.3 cm³/mol. The van der Waals surface area contributed by atoms with E-state index in [1.807, 2.05) is 0 Å². The molecule has 3 nitrogen and oxygen atoms in total. The maximum absolute atomic E-state index is 5.91. The summed E-state index contributed by atoms with van der Waals surface area (Å²) in [5.41, 5.74) is 12.1. The van der Waals surface area contributed by atoms with E-state index >= 15 is 0 Å². The van der Waals surface area contributed by atoms with Gasteiger partial charge in [0, 0.05) is 12.1 Å². The number of halogens is 2. The largest absolute Gasteiger partial charge is 0.495 e. The van der Waals surface area contributed by atoms with Crippen molar-refractivity contribution in [2.45, 2.75) is 6.54 Å². The Bertz CT molecular complexity index is 328. The van der Waals surface area contributed by atoms with Gasteiger partial charge >= 0.3 is 0 Å². The molecule has 0 amide bonds. The lowest BCUT2D eigenvalue weighted by molar-refractivity contribution is 0.410. The fraction of sp³-hybridized carbons (Fsp3) is 0.250. The third-order valence-electron chi connectivity index (χ3n) is 1.70. The van der Waals surface area contributed by atoms with Crippen molar-refractivity contribution < 1.29 is 4.74 Å². The van der Waals surface area contributed by atoms with E-state index in [4.69, 9.17) is 39.4 Å². The number of hydrogen-bond acceptors (Lipinski definition) is 3. The zero-order chi connectivity index (χ0) is 10.0. The van der Waals surface area contributed by atoms with Crippen molar-refractivity contribution in [3.8, 4) is 5.75 Å². The van der Waals surface area contributed by atoms with Crippen LogP contribution >= 0.6 is 23.2 Å². The maximum Gasteiger partial charge on any atom is 0.143 e. The van der Waals surface area contributed by atoms with Crippen LogP contribution in [-0.4, -0.2) is 7.11 Å². The first-order chi connectivity index (χ1) is 6.11. The number of methoxy groups -OCH3 is 1. The molecule has 72 valence electrons. The monoisotopic (exact) mass is 220 g/mol. The van der Waals surface area contributed by atoms with Gasteiger partial charge in [-0.2, -0.15) is 0 Å². The van der Waals surface area contributed by atoms with Gasteiger partial charge in [-0.3, -0.25) is 0 Å². The summed E-state index contributed by atoms with van der Waals surface area (Å²) in [6.45, 7) is 0.243. The highest BCUT2D eigenvalue weighted by Crippen LogP contribution is 2.37. The zero-order valence-electron chi connectivity index (χ0n) is 7.10. The normalized spacial score (nSPS) is 10.2. The van der Waals surface area contributed by atoms with Crippen molar-refractivity contribution in [2.75, 3.05) is 12.8 Å². The van der Waals surface area contributed by atoms with E-state index in [2.05, 4.69) is 0 Å². The molecule has 1 aromatic rings. The van der Waals surface area contributed by atoms with Crippen LogP contribution in [0.5, 0.6) is 5.75 Å². The van der Waals surface area contributed by atoms with Crippen LogP contribution in [0, 0.1) is 0 Å². The first-order valence-corrected chi connectivity index (χ1v) is 4.37. The Morgan fingerprint density at radius 2 is 2.08 bits per heavy atom. The van der Waals surface area contributed by atoms with E-state index < -0.39 is 0 Å². The molecule has 0 aliphatic carbocycles. The van der Waals surface area contributed by atoms with E-state index in [9.17, 15) is 0 Å². The number of anilines is 1. The Morgan fingerprint density at radius 3 is 2.54 bits per heavy atom. The Morgan fingerprint density at radius 1 is 1.46 bits per heavy atom. The molecule has 0 aliphatic rings. The summed E-state index contributed by atoms with van der Waals surface area (Å²) in [5, 5.41) is 0.827. The average molecular weight is 221 g/mol. The van der Waals surface area contributed by atoms with Gasteiger partial charge in [0.2, 0.25) is 0 Å². The number of rotatable bonds is 2. The Hall–Kier alpha value is -0.640. The summed E-state index contributed by atoms with van der Waals surface area (Å²) in [5.74, 6) is 0.489. The van der Waals surface area contributed by atoms with Crippen molar-refractivity contribution >= 4 is 28.9 Å². The van der Waals surface area contributed by atoms with Gasteiger partial charge in [-0.25, -0.2) is 0 Å². The molecule has 0 unspecified atom stereocenters. The molecule has 0 atom stereocenters. The number of nitrogen functional groups attached to an aromatic ring is 1. The molecular weight excluding hydrogens is 211 g/mol. The average Bonchev–Trinajstić information content (AvgIpc) is 2.10. The summed E-state index contributed by atoms with van der Waals surface area (Å²) in [7, 11) is 1.51. The summed E-state index contributed by atoms with van der Waals surface area (Å²) in [6, 6.07) is 1.54. The van der Waals surface area contributed by atoms with Crippen LogP contribution in [0.15, 0.2) is 6.07 Å². The predicted octanol–water partition coefficient (Wildman–Crippen LogP) is 2.04. The van der Waals surface area contributed by atoms with E-state index in [1.165, 1.54) is 7.11 Å². The van der Waals surface area contributed by atoms with Gasteiger partial charge in [0.1, 0.15) is 5.75 Å². The van der Waals surface area contributed by atoms with Gasteiger partial charge in [-0.15, -0.1) is 0 Å². The minimum Gasteiger partial charge on any atom is -0.495 e. The fourth-order valence-corrected chi connectivity index (χ4v) is 1.61. The Balaban J connectivity index is 3.41.